The van der Waals surface area contributed by atoms with Crippen molar-refractivity contribution >= 4 is 5.91 Å². The van der Waals surface area contributed by atoms with Gasteiger partial charge in [-0.15, -0.1) is 0 Å². The average Bonchev–Trinajstić information content (AvgIpc) is 2.04. The van der Waals surface area contributed by atoms with Gasteiger partial charge < -0.3 is 5.32 Å². The van der Waals surface area contributed by atoms with E-state index in [9.17, 15) is 13.6 Å². The van der Waals surface area contributed by atoms with E-state index in [0.717, 1.165) is 0 Å². The zero-order valence-electron chi connectivity index (χ0n) is 8.10. The molecular weight excluding hydrogens is 178 g/mol. The molecule has 0 fully saturated rings. The van der Waals surface area contributed by atoms with Crippen LogP contribution in [-0.4, -0.2) is 31.0 Å². The Morgan fingerprint density at radius 1 is 1.38 bits per heavy atom. The first-order valence-corrected chi connectivity index (χ1v) is 4.31. The van der Waals surface area contributed by atoms with Gasteiger partial charge >= 0.3 is 0 Å². The molecule has 3 nitrogen and oxygen atoms in total. The summed E-state index contributed by atoms with van der Waals surface area (Å²) >= 11 is 0. The van der Waals surface area contributed by atoms with E-state index in [1.54, 1.807) is 13.8 Å². The number of nitrogens with one attached hydrogen (secondary N) is 2. The van der Waals surface area contributed by atoms with Gasteiger partial charge in [0.2, 0.25) is 5.91 Å². The predicted molar refractivity (Wildman–Crippen MR) is 46.7 cm³/mol. The van der Waals surface area contributed by atoms with Crippen LogP contribution < -0.4 is 10.6 Å². The van der Waals surface area contributed by atoms with E-state index < -0.39 is 18.5 Å². The Morgan fingerprint density at radius 3 is 2.31 bits per heavy atom. The highest BCUT2D eigenvalue weighted by Crippen LogP contribution is 2.00. The number of hydrogen-bond acceptors (Lipinski definition) is 2. The molecule has 2 N–H and O–H groups in total. The highest BCUT2D eigenvalue weighted by molar-refractivity contribution is 5.81. The number of carbonyl (C=O) groups excluding carboxylic acids is 1. The molecule has 0 radical (unpaired) electrons. The highest BCUT2D eigenvalue weighted by atomic mass is 19.3. The molecule has 5 heteroatoms. The van der Waals surface area contributed by atoms with Crippen LogP contribution in [0.25, 0.3) is 0 Å². The summed E-state index contributed by atoms with van der Waals surface area (Å²) in [6.07, 6.45) is -2.45. The van der Waals surface area contributed by atoms with E-state index in [1.165, 1.54) is 6.92 Å². The second kappa shape index (κ2) is 5.85. The molecule has 0 saturated heterocycles. The molecule has 0 aromatic carbocycles. The van der Waals surface area contributed by atoms with E-state index >= 15 is 0 Å². The topological polar surface area (TPSA) is 41.1 Å². The average molecular weight is 194 g/mol. The summed E-state index contributed by atoms with van der Waals surface area (Å²) in [4.78, 5) is 11.1. The summed E-state index contributed by atoms with van der Waals surface area (Å²) in [6.45, 7) is 5.19. The molecule has 0 aliphatic carbocycles. The van der Waals surface area contributed by atoms with E-state index in [2.05, 4.69) is 10.6 Å². The Kier molecular flexibility index (Phi) is 5.53. The van der Waals surface area contributed by atoms with Crippen LogP contribution in [0.4, 0.5) is 8.78 Å². The Bertz CT molecular complexity index is 164. The van der Waals surface area contributed by atoms with Gasteiger partial charge in [-0.1, -0.05) is 0 Å². The predicted octanol–water partition coefficient (Wildman–Crippen LogP) is 0.754. The quantitative estimate of drug-likeness (QED) is 0.678. The molecule has 0 spiro atoms. The normalized spacial score (nSPS) is 15.5. The third kappa shape index (κ3) is 4.77. The minimum Gasteiger partial charge on any atom is -0.355 e. The zero-order valence-corrected chi connectivity index (χ0v) is 8.10. The van der Waals surface area contributed by atoms with Gasteiger partial charge in [0, 0.05) is 6.54 Å². The lowest BCUT2D eigenvalue weighted by Gasteiger charge is -2.18. The van der Waals surface area contributed by atoms with Gasteiger partial charge in [-0.2, -0.15) is 0 Å². The highest BCUT2D eigenvalue weighted by Gasteiger charge is 2.19. The molecule has 0 aromatic heterocycles. The lowest BCUT2D eigenvalue weighted by molar-refractivity contribution is -0.123. The van der Waals surface area contributed by atoms with Crippen LogP contribution in [-0.2, 0) is 4.79 Å². The van der Waals surface area contributed by atoms with Crippen LogP contribution in [0.3, 0.4) is 0 Å². The van der Waals surface area contributed by atoms with Gasteiger partial charge in [0.1, 0.15) is 0 Å². The van der Waals surface area contributed by atoms with Gasteiger partial charge in [-0.05, 0) is 20.8 Å². The zero-order chi connectivity index (χ0) is 10.4. The molecule has 0 saturated carbocycles. The molecule has 0 rings (SSSR count). The minimum atomic E-state index is -2.45. The second-order valence-corrected chi connectivity index (χ2v) is 2.91. The van der Waals surface area contributed by atoms with Crippen molar-refractivity contribution in [3.8, 4) is 0 Å². The van der Waals surface area contributed by atoms with Crippen LogP contribution in [0.5, 0.6) is 0 Å². The van der Waals surface area contributed by atoms with Gasteiger partial charge in [0.15, 0.2) is 0 Å². The molecule has 0 aliphatic heterocycles. The van der Waals surface area contributed by atoms with Crippen LogP contribution in [0.1, 0.15) is 20.8 Å². The standard InChI is InChI=1S/C8H16F2N2O/c1-4-11-8(13)6(3)12-5(2)7(9)10/h5-7,12H,4H2,1-3H3,(H,11,13). The lowest BCUT2D eigenvalue weighted by atomic mass is 10.2. The molecule has 13 heavy (non-hydrogen) atoms. The number of hydrogen-bond donors (Lipinski definition) is 2. The minimum absolute atomic E-state index is 0.255. The number of rotatable bonds is 5. The van der Waals surface area contributed by atoms with Crippen LogP contribution >= 0.6 is 0 Å². The fourth-order valence-corrected chi connectivity index (χ4v) is 0.870. The van der Waals surface area contributed by atoms with E-state index in [0.29, 0.717) is 6.54 Å². The fourth-order valence-electron chi connectivity index (χ4n) is 0.870. The maximum absolute atomic E-state index is 12.0. The van der Waals surface area contributed by atoms with Crippen molar-refractivity contribution in [1.29, 1.82) is 0 Å². The Balaban J connectivity index is 3.85. The second-order valence-electron chi connectivity index (χ2n) is 2.91. The number of likely N-dealkylation sites (N-methyl/N-ethyl adjacent to an activating group) is 1. The number of carbonyl (C=O) groups is 1. The van der Waals surface area contributed by atoms with Crippen molar-refractivity contribution in [2.45, 2.75) is 39.3 Å². The maximum atomic E-state index is 12.0. The van der Waals surface area contributed by atoms with Crippen LogP contribution in [0.2, 0.25) is 0 Å². The SMILES string of the molecule is CCNC(=O)C(C)NC(C)C(F)F. The summed E-state index contributed by atoms with van der Waals surface area (Å²) in [6, 6.07) is -1.54. The number of alkyl halides is 2. The van der Waals surface area contributed by atoms with Crippen molar-refractivity contribution in [1.82, 2.24) is 10.6 Å². The molecular formula is C8H16F2N2O. The third-order valence-electron chi connectivity index (χ3n) is 1.64. The molecule has 0 aromatic rings. The largest absolute Gasteiger partial charge is 0.355 e. The first-order chi connectivity index (χ1) is 5.99. The van der Waals surface area contributed by atoms with Gasteiger partial charge in [-0.25, -0.2) is 8.78 Å². The summed E-state index contributed by atoms with van der Waals surface area (Å²) in [5.74, 6) is -0.255. The molecule has 2 unspecified atom stereocenters. The van der Waals surface area contributed by atoms with Gasteiger partial charge in [0.05, 0.1) is 12.1 Å². The number of halogens is 2. The maximum Gasteiger partial charge on any atom is 0.253 e. The number of amides is 1. The first kappa shape index (κ1) is 12.3. The Morgan fingerprint density at radius 2 is 1.92 bits per heavy atom. The third-order valence-corrected chi connectivity index (χ3v) is 1.64. The Labute approximate surface area is 76.9 Å². The molecule has 0 bridgehead atoms. The van der Waals surface area contributed by atoms with Gasteiger partial charge in [0.25, 0.3) is 6.43 Å². The van der Waals surface area contributed by atoms with Gasteiger partial charge in [-0.3, -0.25) is 10.1 Å². The monoisotopic (exact) mass is 194 g/mol. The molecule has 0 heterocycles. The molecule has 78 valence electrons. The van der Waals surface area contributed by atoms with E-state index in [1.807, 2.05) is 0 Å². The summed E-state index contributed by atoms with van der Waals surface area (Å²) in [5, 5.41) is 5.05. The van der Waals surface area contributed by atoms with Crippen molar-refractivity contribution in [3.63, 3.8) is 0 Å². The summed E-state index contributed by atoms with van der Waals surface area (Å²) < 4.78 is 24.1. The summed E-state index contributed by atoms with van der Waals surface area (Å²) in [7, 11) is 0. The van der Waals surface area contributed by atoms with Crippen molar-refractivity contribution in [2.24, 2.45) is 0 Å². The van der Waals surface area contributed by atoms with E-state index in [4.69, 9.17) is 0 Å². The van der Waals surface area contributed by atoms with Crippen molar-refractivity contribution in [3.05, 3.63) is 0 Å². The molecule has 1 amide bonds. The van der Waals surface area contributed by atoms with Crippen molar-refractivity contribution < 1.29 is 13.6 Å². The summed E-state index contributed by atoms with van der Waals surface area (Å²) in [5.41, 5.74) is 0. The first-order valence-electron chi connectivity index (χ1n) is 4.31. The van der Waals surface area contributed by atoms with Crippen molar-refractivity contribution in [2.75, 3.05) is 6.54 Å². The molecule has 0 aliphatic rings. The fraction of sp³-hybridized carbons (Fsp3) is 0.875. The van der Waals surface area contributed by atoms with Crippen LogP contribution in [0, 0.1) is 0 Å². The van der Waals surface area contributed by atoms with Crippen LogP contribution in [0.15, 0.2) is 0 Å². The Hall–Kier alpha value is -0.710. The lowest BCUT2D eigenvalue weighted by Crippen LogP contribution is -2.47. The van der Waals surface area contributed by atoms with E-state index in [-0.39, 0.29) is 5.91 Å². The smallest absolute Gasteiger partial charge is 0.253 e. The molecule has 2 atom stereocenters.